The highest BCUT2D eigenvalue weighted by Crippen LogP contribution is 2.18. The average Bonchev–Trinajstić information content (AvgIpc) is 2.62. The van der Waals surface area contributed by atoms with E-state index in [9.17, 15) is 9.59 Å². The van der Waals surface area contributed by atoms with Gasteiger partial charge in [0.15, 0.2) is 0 Å². The first-order valence-electron chi connectivity index (χ1n) is 9.06. The molecule has 1 amide bonds. The van der Waals surface area contributed by atoms with Crippen molar-refractivity contribution in [3.05, 3.63) is 29.8 Å². The highest BCUT2D eigenvalue weighted by Gasteiger charge is 2.10. The first-order chi connectivity index (χ1) is 12.1. The van der Waals surface area contributed by atoms with Crippen LogP contribution in [0.15, 0.2) is 24.3 Å². The van der Waals surface area contributed by atoms with Crippen LogP contribution in [-0.4, -0.2) is 54.7 Å². The summed E-state index contributed by atoms with van der Waals surface area (Å²) in [5.41, 5.74) is 1.06. The number of ether oxygens (including phenoxy) is 1. The Kier molecular flexibility index (Phi) is 8.25. The maximum Gasteiger partial charge on any atom is 0.303 e. The van der Waals surface area contributed by atoms with E-state index in [1.54, 1.807) is 0 Å². The quantitative estimate of drug-likeness (QED) is 0.677. The Hall–Kier alpha value is -2.08. The smallest absolute Gasteiger partial charge is 0.303 e. The van der Waals surface area contributed by atoms with E-state index in [1.807, 2.05) is 24.3 Å². The van der Waals surface area contributed by atoms with Crippen LogP contribution in [0.25, 0.3) is 0 Å². The predicted molar refractivity (Wildman–Crippen MR) is 95.8 cm³/mol. The van der Waals surface area contributed by atoms with Gasteiger partial charge in [-0.25, -0.2) is 0 Å². The number of aliphatic carboxylic acids is 1. The second kappa shape index (κ2) is 10.7. The number of carbonyl (C=O) groups excluding carboxylic acids is 1. The number of carboxylic acids is 1. The molecular weight excluding hydrogens is 320 g/mol. The molecule has 0 aliphatic carbocycles. The summed E-state index contributed by atoms with van der Waals surface area (Å²) in [7, 11) is 0. The van der Waals surface area contributed by atoms with Gasteiger partial charge in [-0.3, -0.25) is 14.5 Å². The third-order valence-corrected chi connectivity index (χ3v) is 4.37. The molecule has 2 rings (SSSR count). The molecule has 1 aliphatic rings. The zero-order valence-corrected chi connectivity index (χ0v) is 14.7. The topological polar surface area (TPSA) is 78.9 Å². The highest BCUT2D eigenvalue weighted by molar-refractivity contribution is 5.80. The molecule has 1 aromatic carbocycles. The molecule has 0 unspecified atom stereocenters. The Morgan fingerprint density at radius 2 is 1.88 bits per heavy atom. The first kappa shape index (κ1) is 19.2. The van der Waals surface area contributed by atoms with Crippen molar-refractivity contribution >= 4 is 11.9 Å². The van der Waals surface area contributed by atoms with Gasteiger partial charge in [0.1, 0.15) is 12.4 Å². The molecule has 0 bridgehead atoms. The summed E-state index contributed by atoms with van der Waals surface area (Å²) >= 11 is 0. The highest BCUT2D eigenvalue weighted by atomic mass is 16.5. The van der Waals surface area contributed by atoms with E-state index >= 15 is 0 Å². The first-order valence-corrected chi connectivity index (χ1v) is 9.06. The lowest BCUT2D eigenvalue weighted by molar-refractivity contribution is -0.138. The van der Waals surface area contributed by atoms with Crippen LogP contribution in [0.1, 0.15) is 37.7 Å². The minimum absolute atomic E-state index is 0.0172. The molecule has 6 heteroatoms. The van der Waals surface area contributed by atoms with Gasteiger partial charge in [-0.15, -0.1) is 0 Å². The summed E-state index contributed by atoms with van der Waals surface area (Å²) in [4.78, 5) is 24.5. The molecule has 138 valence electrons. The summed E-state index contributed by atoms with van der Waals surface area (Å²) in [5.74, 6) is -0.326. The zero-order chi connectivity index (χ0) is 17.9. The number of amides is 1. The molecule has 25 heavy (non-hydrogen) atoms. The van der Waals surface area contributed by atoms with Crippen LogP contribution >= 0.6 is 0 Å². The Balaban J connectivity index is 1.71. The summed E-state index contributed by atoms with van der Waals surface area (Å²) in [6.07, 6.45) is 4.43. The van der Waals surface area contributed by atoms with E-state index in [0.717, 1.165) is 30.9 Å². The lowest BCUT2D eigenvalue weighted by Gasteiger charge is -2.26. The zero-order valence-electron chi connectivity index (χ0n) is 14.7. The lowest BCUT2D eigenvalue weighted by Crippen LogP contribution is -2.33. The van der Waals surface area contributed by atoms with Crippen LogP contribution in [0.4, 0.5) is 0 Å². The van der Waals surface area contributed by atoms with Gasteiger partial charge in [0.2, 0.25) is 5.91 Å². The van der Waals surface area contributed by atoms with Gasteiger partial charge in [0.25, 0.3) is 0 Å². The molecule has 0 spiro atoms. The van der Waals surface area contributed by atoms with Crippen molar-refractivity contribution < 1.29 is 19.4 Å². The monoisotopic (exact) mass is 348 g/mol. The van der Waals surface area contributed by atoms with Gasteiger partial charge in [0, 0.05) is 19.5 Å². The van der Waals surface area contributed by atoms with Crippen LogP contribution in [0, 0.1) is 0 Å². The van der Waals surface area contributed by atoms with Gasteiger partial charge < -0.3 is 15.2 Å². The number of carbonyl (C=O) groups is 2. The summed E-state index contributed by atoms with van der Waals surface area (Å²) in [5, 5.41) is 11.3. The van der Waals surface area contributed by atoms with Crippen molar-refractivity contribution in [1.29, 1.82) is 0 Å². The van der Waals surface area contributed by atoms with Crippen molar-refractivity contribution in [2.75, 3.05) is 32.8 Å². The number of para-hydroxylation sites is 1. The third-order valence-electron chi connectivity index (χ3n) is 4.37. The fourth-order valence-corrected chi connectivity index (χ4v) is 2.96. The van der Waals surface area contributed by atoms with E-state index in [0.29, 0.717) is 19.6 Å². The van der Waals surface area contributed by atoms with Gasteiger partial charge in [0.05, 0.1) is 6.42 Å². The molecule has 6 nitrogen and oxygen atoms in total. The summed E-state index contributed by atoms with van der Waals surface area (Å²) in [6, 6.07) is 7.86. The number of likely N-dealkylation sites (tertiary alicyclic amines) is 1. The molecule has 1 heterocycles. The standard InChI is InChI=1S/C19H28N2O4/c22-18(8-9-19(23)24)20-11-10-16-6-2-3-7-17(16)25-15-14-21-12-4-1-5-13-21/h2-3,6-7H,1,4-5,8-15H2,(H,20,22)(H,23,24). The minimum Gasteiger partial charge on any atom is -0.492 e. The molecule has 1 aromatic rings. The molecule has 0 atom stereocenters. The molecular formula is C19H28N2O4. The molecule has 0 radical (unpaired) electrons. The number of rotatable bonds is 10. The normalized spacial score (nSPS) is 14.9. The number of carboxylic acid groups (broad SMARTS) is 1. The molecule has 1 saturated heterocycles. The number of benzene rings is 1. The van der Waals surface area contributed by atoms with Crippen molar-refractivity contribution in [3.63, 3.8) is 0 Å². The molecule has 0 aromatic heterocycles. The Morgan fingerprint density at radius 1 is 1.12 bits per heavy atom. The Morgan fingerprint density at radius 3 is 2.64 bits per heavy atom. The molecule has 1 aliphatic heterocycles. The van der Waals surface area contributed by atoms with Crippen LogP contribution in [-0.2, 0) is 16.0 Å². The Labute approximate surface area is 149 Å². The second-order valence-electron chi connectivity index (χ2n) is 6.35. The van der Waals surface area contributed by atoms with Gasteiger partial charge in [-0.1, -0.05) is 24.6 Å². The summed E-state index contributed by atoms with van der Waals surface area (Å²) < 4.78 is 5.94. The fraction of sp³-hybridized carbons (Fsp3) is 0.579. The number of hydrogen-bond donors (Lipinski definition) is 2. The SMILES string of the molecule is O=C(O)CCC(=O)NCCc1ccccc1OCCN1CCCCC1. The van der Waals surface area contributed by atoms with Crippen molar-refractivity contribution in [2.24, 2.45) is 0 Å². The van der Waals surface area contributed by atoms with Crippen LogP contribution in [0.2, 0.25) is 0 Å². The maximum atomic E-state index is 11.6. The van der Waals surface area contributed by atoms with E-state index in [2.05, 4.69) is 10.2 Å². The van der Waals surface area contributed by atoms with E-state index in [4.69, 9.17) is 9.84 Å². The minimum atomic E-state index is -0.956. The lowest BCUT2D eigenvalue weighted by atomic mass is 10.1. The predicted octanol–water partition coefficient (Wildman–Crippen LogP) is 2.07. The molecule has 2 N–H and O–H groups in total. The van der Waals surface area contributed by atoms with Crippen LogP contribution in [0.3, 0.4) is 0 Å². The number of piperidine rings is 1. The van der Waals surface area contributed by atoms with E-state index < -0.39 is 5.97 Å². The van der Waals surface area contributed by atoms with E-state index in [1.165, 1.54) is 19.3 Å². The number of nitrogens with one attached hydrogen (secondary N) is 1. The number of hydrogen-bond acceptors (Lipinski definition) is 4. The number of nitrogens with zero attached hydrogens (tertiary/aromatic N) is 1. The molecule has 0 saturated carbocycles. The third kappa shape index (κ3) is 7.56. The van der Waals surface area contributed by atoms with Gasteiger partial charge in [-0.2, -0.15) is 0 Å². The summed E-state index contributed by atoms with van der Waals surface area (Å²) in [6.45, 7) is 4.41. The Bertz CT molecular complexity index is 556. The van der Waals surface area contributed by atoms with Gasteiger partial charge >= 0.3 is 5.97 Å². The molecule has 1 fully saturated rings. The van der Waals surface area contributed by atoms with E-state index in [-0.39, 0.29) is 18.7 Å². The van der Waals surface area contributed by atoms with Crippen LogP contribution < -0.4 is 10.1 Å². The van der Waals surface area contributed by atoms with Crippen molar-refractivity contribution in [3.8, 4) is 5.75 Å². The van der Waals surface area contributed by atoms with Crippen molar-refractivity contribution in [1.82, 2.24) is 10.2 Å². The maximum absolute atomic E-state index is 11.6. The van der Waals surface area contributed by atoms with Gasteiger partial charge in [-0.05, 0) is 44.0 Å². The largest absolute Gasteiger partial charge is 0.492 e. The van der Waals surface area contributed by atoms with Crippen molar-refractivity contribution in [2.45, 2.75) is 38.5 Å². The fourth-order valence-electron chi connectivity index (χ4n) is 2.96. The second-order valence-corrected chi connectivity index (χ2v) is 6.35. The average molecular weight is 348 g/mol. The van der Waals surface area contributed by atoms with Crippen LogP contribution in [0.5, 0.6) is 5.75 Å².